The molecule has 0 radical (unpaired) electrons. The van der Waals surface area contributed by atoms with Gasteiger partial charge in [-0.15, -0.1) is 0 Å². The van der Waals surface area contributed by atoms with Gasteiger partial charge in [0.25, 0.3) is 0 Å². The molecule has 0 spiro atoms. The molecule has 2 aromatic heterocycles. The SMILES string of the molecule is O=C(CC1CCN(c2ncnc3ncccc23)CC1)NC1CCOCC1. The molecule has 7 nitrogen and oxygen atoms in total. The molecule has 2 aromatic rings. The van der Waals surface area contributed by atoms with Crippen LogP contribution >= 0.6 is 0 Å². The predicted octanol–water partition coefficient (Wildman–Crippen LogP) is 1.93. The summed E-state index contributed by atoms with van der Waals surface area (Å²) in [7, 11) is 0. The summed E-state index contributed by atoms with van der Waals surface area (Å²) in [4.78, 5) is 27.6. The molecule has 1 N–H and O–H groups in total. The molecule has 7 heteroatoms. The van der Waals surface area contributed by atoms with Gasteiger partial charge < -0.3 is 15.0 Å². The number of pyridine rings is 1. The van der Waals surface area contributed by atoms with E-state index < -0.39 is 0 Å². The molecule has 2 aliphatic heterocycles. The van der Waals surface area contributed by atoms with Crippen LogP contribution in [0.3, 0.4) is 0 Å². The number of rotatable bonds is 4. The highest BCUT2D eigenvalue weighted by molar-refractivity contribution is 5.86. The first-order valence-electron chi connectivity index (χ1n) is 9.47. The fraction of sp³-hybridized carbons (Fsp3) is 0.579. The maximum atomic E-state index is 12.3. The Kier molecular flexibility index (Phi) is 5.24. The van der Waals surface area contributed by atoms with Crippen molar-refractivity contribution in [2.75, 3.05) is 31.2 Å². The van der Waals surface area contributed by atoms with Crippen LogP contribution < -0.4 is 10.2 Å². The van der Waals surface area contributed by atoms with Crippen molar-refractivity contribution in [1.29, 1.82) is 0 Å². The van der Waals surface area contributed by atoms with E-state index in [0.29, 0.717) is 12.3 Å². The third-order valence-electron chi connectivity index (χ3n) is 5.36. The number of fused-ring (bicyclic) bond motifs is 1. The highest BCUT2D eigenvalue weighted by Gasteiger charge is 2.24. The molecule has 0 saturated carbocycles. The molecule has 4 rings (SSSR count). The van der Waals surface area contributed by atoms with Gasteiger partial charge in [0.1, 0.15) is 12.1 Å². The molecular weight excluding hydrogens is 330 g/mol. The first-order valence-corrected chi connectivity index (χ1v) is 9.47. The number of carbonyl (C=O) groups excluding carboxylic acids is 1. The van der Waals surface area contributed by atoms with Crippen molar-refractivity contribution in [2.24, 2.45) is 5.92 Å². The summed E-state index contributed by atoms with van der Waals surface area (Å²) in [6.07, 6.45) is 7.83. The number of amides is 1. The Morgan fingerprint density at radius 1 is 1.15 bits per heavy atom. The second-order valence-corrected chi connectivity index (χ2v) is 7.16. The van der Waals surface area contributed by atoms with E-state index in [2.05, 4.69) is 25.2 Å². The average molecular weight is 355 g/mol. The number of carbonyl (C=O) groups is 1. The van der Waals surface area contributed by atoms with Crippen molar-refractivity contribution in [2.45, 2.75) is 38.1 Å². The summed E-state index contributed by atoms with van der Waals surface area (Å²) in [5.74, 6) is 1.58. The summed E-state index contributed by atoms with van der Waals surface area (Å²) in [5, 5.41) is 4.16. The molecule has 0 bridgehead atoms. The molecular formula is C19H25N5O2. The zero-order chi connectivity index (χ0) is 17.8. The van der Waals surface area contributed by atoms with Crippen molar-refractivity contribution >= 4 is 22.8 Å². The van der Waals surface area contributed by atoms with Gasteiger partial charge in [-0.05, 0) is 43.7 Å². The van der Waals surface area contributed by atoms with Crippen LogP contribution in [0.25, 0.3) is 11.0 Å². The summed E-state index contributed by atoms with van der Waals surface area (Å²) >= 11 is 0. The molecule has 26 heavy (non-hydrogen) atoms. The minimum absolute atomic E-state index is 0.187. The number of nitrogens with zero attached hydrogens (tertiary/aromatic N) is 4. The van der Waals surface area contributed by atoms with Gasteiger partial charge in [0.15, 0.2) is 5.65 Å². The normalized spacial score (nSPS) is 19.6. The van der Waals surface area contributed by atoms with E-state index in [0.717, 1.165) is 68.8 Å². The van der Waals surface area contributed by atoms with E-state index in [9.17, 15) is 4.79 Å². The van der Waals surface area contributed by atoms with Crippen LogP contribution in [0.15, 0.2) is 24.7 Å². The van der Waals surface area contributed by atoms with Gasteiger partial charge in [0.05, 0.1) is 5.39 Å². The Labute approximate surface area is 153 Å². The zero-order valence-electron chi connectivity index (χ0n) is 14.9. The Morgan fingerprint density at radius 3 is 2.77 bits per heavy atom. The summed E-state index contributed by atoms with van der Waals surface area (Å²) in [5.41, 5.74) is 0.732. The highest BCUT2D eigenvalue weighted by atomic mass is 16.5. The van der Waals surface area contributed by atoms with Crippen LogP contribution in [0, 0.1) is 5.92 Å². The van der Waals surface area contributed by atoms with Crippen molar-refractivity contribution in [3.05, 3.63) is 24.7 Å². The second kappa shape index (κ2) is 7.95. The first-order chi connectivity index (χ1) is 12.8. The minimum Gasteiger partial charge on any atom is -0.381 e. The molecule has 4 heterocycles. The Morgan fingerprint density at radius 2 is 1.96 bits per heavy atom. The second-order valence-electron chi connectivity index (χ2n) is 7.16. The lowest BCUT2D eigenvalue weighted by Gasteiger charge is -2.33. The molecule has 1 amide bonds. The Balaban J connectivity index is 1.31. The van der Waals surface area contributed by atoms with Gasteiger partial charge in [-0.3, -0.25) is 4.79 Å². The van der Waals surface area contributed by atoms with Gasteiger partial charge in [-0.2, -0.15) is 0 Å². The monoisotopic (exact) mass is 355 g/mol. The number of nitrogens with one attached hydrogen (secondary N) is 1. The van der Waals surface area contributed by atoms with Crippen molar-refractivity contribution in [1.82, 2.24) is 20.3 Å². The average Bonchev–Trinajstić information content (AvgIpc) is 2.69. The quantitative estimate of drug-likeness (QED) is 0.903. The fourth-order valence-electron chi connectivity index (χ4n) is 3.87. The van der Waals surface area contributed by atoms with Gasteiger partial charge >= 0.3 is 0 Å². The molecule has 2 fully saturated rings. The van der Waals surface area contributed by atoms with Crippen molar-refractivity contribution in [3.63, 3.8) is 0 Å². The van der Waals surface area contributed by atoms with Crippen LogP contribution in [-0.2, 0) is 9.53 Å². The zero-order valence-corrected chi connectivity index (χ0v) is 14.9. The number of hydrogen-bond acceptors (Lipinski definition) is 6. The van der Waals surface area contributed by atoms with Crippen molar-refractivity contribution in [3.8, 4) is 0 Å². The summed E-state index contributed by atoms with van der Waals surface area (Å²) < 4.78 is 5.34. The Hall–Kier alpha value is -2.28. The molecule has 0 aromatic carbocycles. The number of ether oxygens (including phenoxy) is 1. The molecule has 138 valence electrons. The maximum absolute atomic E-state index is 12.3. The number of anilines is 1. The third-order valence-corrected chi connectivity index (χ3v) is 5.36. The molecule has 0 aliphatic carbocycles. The van der Waals surface area contributed by atoms with Gasteiger partial charge in [-0.1, -0.05) is 0 Å². The van der Waals surface area contributed by atoms with Gasteiger partial charge in [-0.25, -0.2) is 15.0 Å². The smallest absolute Gasteiger partial charge is 0.220 e. The maximum Gasteiger partial charge on any atom is 0.220 e. The standard InChI is InChI=1S/C19H25N5O2/c25-17(23-15-5-10-26-11-6-15)12-14-3-8-24(9-4-14)19-16-2-1-7-20-18(16)21-13-22-19/h1-2,7,13-15H,3-6,8-12H2,(H,23,25). The number of hydrogen-bond donors (Lipinski definition) is 1. The fourth-order valence-corrected chi connectivity index (χ4v) is 3.87. The first kappa shape index (κ1) is 17.1. The molecule has 2 aliphatic rings. The van der Waals surface area contributed by atoms with E-state index in [4.69, 9.17) is 4.74 Å². The van der Waals surface area contributed by atoms with E-state index in [1.54, 1.807) is 12.5 Å². The van der Waals surface area contributed by atoms with E-state index in [1.165, 1.54) is 0 Å². The molecule has 2 saturated heterocycles. The minimum atomic E-state index is 0.187. The largest absolute Gasteiger partial charge is 0.381 e. The lowest BCUT2D eigenvalue weighted by molar-refractivity contribution is -0.123. The third kappa shape index (κ3) is 3.93. The topological polar surface area (TPSA) is 80.2 Å². The summed E-state index contributed by atoms with van der Waals surface area (Å²) in [6.45, 7) is 3.34. The van der Waals surface area contributed by atoms with Crippen molar-refractivity contribution < 1.29 is 9.53 Å². The van der Waals surface area contributed by atoms with Gasteiger partial charge in [0, 0.05) is 45.0 Å². The van der Waals surface area contributed by atoms with E-state index in [-0.39, 0.29) is 11.9 Å². The van der Waals surface area contributed by atoms with E-state index in [1.807, 2.05) is 12.1 Å². The number of aromatic nitrogens is 3. The van der Waals surface area contributed by atoms with Gasteiger partial charge in [0.2, 0.25) is 5.91 Å². The van der Waals surface area contributed by atoms with E-state index >= 15 is 0 Å². The van der Waals surface area contributed by atoms with Crippen LogP contribution in [0.2, 0.25) is 0 Å². The molecule has 0 unspecified atom stereocenters. The van der Waals surface area contributed by atoms with Crippen LogP contribution in [0.1, 0.15) is 32.1 Å². The highest BCUT2D eigenvalue weighted by Crippen LogP contribution is 2.27. The lowest BCUT2D eigenvalue weighted by atomic mass is 9.92. The number of piperidine rings is 1. The van der Waals surface area contributed by atoms with Crippen LogP contribution in [-0.4, -0.2) is 53.2 Å². The lowest BCUT2D eigenvalue weighted by Crippen LogP contribution is -2.41. The predicted molar refractivity (Wildman–Crippen MR) is 98.9 cm³/mol. The van der Waals surface area contributed by atoms with Crippen LogP contribution in [0.4, 0.5) is 5.82 Å². The van der Waals surface area contributed by atoms with Crippen LogP contribution in [0.5, 0.6) is 0 Å². The summed E-state index contributed by atoms with van der Waals surface area (Å²) in [6, 6.07) is 4.23. The Bertz CT molecular complexity index is 749. The molecule has 0 atom stereocenters.